The van der Waals surface area contributed by atoms with Crippen LogP contribution >= 0.6 is 46.1 Å². The van der Waals surface area contributed by atoms with Gasteiger partial charge in [0.15, 0.2) is 5.13 Å². The summed E-state index contributed by atoms with van der Waals surface area (Å²) >= 11 is 19.0. The first-order chi connectivity index (χ1) is 11.5. The lowest BCUT2D eigenvalue weighted by atomic mass is 10.2. The first-order valence-corrected chi connectivity index (χ1v) is 8.77. The van der Waals surface area contributed by atoms with Crippen LogP contribution in [0.2, 0.25) is 15.1 Å². The van der Waals surface area contributed by atoms with Crippen LogP contribution in [0.4, 0.5) is 15.6 Å². The number of urea groups is 1. The standard InChI is InChI=1S/C16H10Cl3N3OS/c17-10-2-4-11(5-3-10)20-15(23)22-16-21-14(8-24-16)9-1-6-12(18)13(19)7-9/h1-8H,(H2,20,21,22,23). The number of benzene rings is 2. The number of hydrogen-bond acceptors (Lipinski definition) is 3. The van der Waals surface area contributed by atoms with Crippen LogP contribution in [0.1, 0.15) is 0 Å². The fraction of sp³-hybridized carbons (Fsp3) is 0. The van der Waals surface area contributed by atoms with E-state index in [1.54, 1.807) is 36.4 Å². The van der Waals surface area contributed by atoms with Crippen LogP contribution < -0.4 is 10.6 Å². The molecule has 0 spiro atoms. The van der Waals surface area contributed by atoms with Gasteiger partial charge in [0.25, 0.3) is 0 Å². The Morgan fingerprint density at radius 1 is 0.958 bits per heavy atom. The summed E-state index contributed by atoms with van der Waals surface area (Å²) < 4.78 is 0. The predicted molar refractivity (Wildman–Crippen MR) is 102 cm³/mol. The highest BCUT2D eigenvalue weighted by Gasteiger charge is 2.09. The Hall–Kier alpha value is -1.79. The molecule has 0 bridgehead atoms. The van der Waals surface area contributed by atoms with Crippen LogP contribution in [0, 0.1) is 0 Å². The lowest BCUT2D eigenvalue weighted by Crippen LogP contribution is -2.19. The molecular weight excluding hydrogens is 389 g/mol. The Labute approximate surface area is 157 Å². The number of halogens is 3. The van der Waals surface area contributed by atoms with E-state index in [4.69, 9.17) is 34.8 Å². The third-order valence-corrected chi connectivity index (χ3v) is 4.79. The molecule has 0 atom stereocenters. The Balaban J connectivity index is 1.68. The van der Waals surface area contributed by atoms with Crippen molar-refractivity contribution in [2.75, 3.05) is 10.6 Å². The minimum Gasteiger partial charge on any atom is -0.308 e. The van der Waals surface area contributed by atoms with Gasteiger partial charge in [-0.25, -0.2) is 9.78 Å². The molecule has 3 aromatic rings. The summed E-state index contributed by atoms with van der Waals surface area (Å²) in [5.74, 6) is 0. The van der Waals surface area contributed by atoms with Gasteiger partial charge >= 0.3 is 6.03 Å². The van der Waals surface area contributed by atoms with E-state index in [9.17, 15) is 4.79 Å². The molecule has 4 nitrogen and oxygen atoms in total. The van der Waals surface area contributed by atoms with Gasteiger partial charge in [-0.3, -0.25) is 5.32 Å². The highest BCUT2D eigenvalue weighted by molar-refractivity contribution is 7.14. The second-order valence-corrected chi connectivity index (χ2v) is 6.86. The molecule has 122 valence electrons. The third kappa shape index (κ3) is 4.19. The molecule has 24 heavy (non-hydrogen) atoms. The predicted octanol–water partition coefficient (Wildman–Crippen LogP) is 6.41. The molecule has 1 aromatic heterocycles. The van der Waals surface area contributed by atoms with E-state index in [0.29, 0.717) is 31.6 Å². The Kier molecular flexibility index (Phi) is 5.26. The number of amides is 2. The zero-order valence-electron chi connectivity index (χ0n) is 12.0. The van der Waals surface area contributed by atoms with Gasteiger partial charge < -0.3 is 5.32 Å². The molecule has 2 N–H and O–H groups in total. The Morgan fingerprint density at radius 3 is 2.42 bits per heavy atom. The summed E-state index contributed by atoms with van der Waals surface area (Å²) in [6.45, 7) is 0. The zero-order chi connectivity index (χ0) is 17.1. The average molecular weight is 399 g/mol. The quantitative estimate of drug-likeness (QED) is 0.535. The molecule has 2 aromatic carbocycles. The Bertz CT molecular complexity index is 881. The van der Waals surface area contributed by atoms with Crippen molar-refractivity contribution in [3.05, 3.63) is 62.9 Å². The smallest absolute Gasteiger partial charge is 0.308 e. The van der Waals surface area contributed by atoms with Gasteiger partial charge in [0.1, 0.15) is 0 Å². The molecule has 0 saturated carbocycles. The van der Waals surface area contributed by atoms with Crippen LogP contribution in [0.25, 0.3) is 11.3 Å². The minimum absolute atomic E-state index is 0.382. The molecule has 0 aliphatic heterocycles. The van der Waals surface area contributed by atoms with Crippen LogP contribution in [-0.4, -0.2) is 11.0 Å². The van der Waals surface area contributed by atoms with Crippen LogP contribution in [0.15, 0.2) is 47.8 Å². The van der Waals surface area contributed by atoms with Crippen LogP contribution in [0.3, 0.4) is 0 Å². The van der Waals surface area contributed by atoms with Crippen molar-refractivity contribution in [2.24, 2.45) is 0 Å². The maximum absolute atomic E-state index is 12.0. The number of nitrogens with one attached hydrogen (secondary N) is 2. The summed E-state index contributed by atoms with van der Waals surface area (Å²) in [6.07, 6.45) is 0. The number of aromatic nitrogens is 1. The number of rotatable bonds is 3. The minimum atomic E-state index is -0.382. The number of carbonyl (C=O) groups excluding carboxylic acids is 1. The summed E-state index contributed by atoms with van der Waals surface area (Å²) in [7, 11) is 0. The summed E-state index contributed by atoms with van der Waals surface area (Å²) in [5.41, 5.74) is 2.17. The molecule has 0 unspecified atom stereocenters. The van der Waals surface area contributed by atoms with Gasteiger partial charge in [0.2, 0.25) is 0 Å². The molecule has 0 aliphatic carbocycles. The molecular formula is C16H10Cl3N3OS. The van der Waals surface area contributed by atoms with Gasteiger partial charge in [0, 0.05) is 21.7 Å². The number of hydrogen-bond donors (Lipinski definition) is 2. The van der Waals surface area contributed by atoms with Crippen LogP contribution in [0.5, 0.6) is 0 Å². The first kappa shape index (κ1) is 17.0. The lowest BCUT2D eigenvalue weighted by molar-refractivity contribution is 0.262. The molecule has 0 saturated heterocycles. The summed E-state index contributed by atoms with van der Waals surface area (Å²) in [4.78, 5) is 16.4. The molecule has 1 heterocycles. The van der Waals surface area contributed by atoms with Crippen molar-refractivity contribution in [3.8, 4) is 11.3 Å². The molecule has 2 amide bonds. The number of thiazole rings is 1. The van der Waals surface area contributed by atoms with Crippen molar-refractivity contribution < 1.29 is 4.79 Å². The van der Waals surface area contributed by atoms with Gasteiger partial charge in [-0.2, -0.15) is 0 Å². The molecule has 3 rings (SSSR count). The maximum Gasteiger partial charge on any atom is 0.325 e. The molecule has 0 aliphatic rings. The number of nitrogens with zero attached hydrogens (tertiary/aromatic N) is 1. The van der Waals surface area contributed by atoms with Crippen molar-refractivity contribution in [2.45, 2.75) is 0 Å². The molecule has 0 fully saturated rings. The summed E-state index contributed by atoms with van der Waals surface area (Å²) in [6, 6.07) is 11.7. The van der Waals surface area contributed by atoms with Gasteiger partial charge in [0.05, 0.1) is 15.7 Å². The normalized spacial score (nSPS) is 10.5. The van der Waals surface area contributed by atoms with Gasteiger partial charge in [-0.15, -0.1) is 11.3 Å². The SMILES string of the molecule is O=C(Nc1ccc(Cl)cc1)Nc1nc(-c2ccc(Cl)c(Cl)c2)cs1. The van der Waals surface area contributed by atoms with E-state index in [0.717, 1.165) is 5.56 Å². The zero-order valence-corrected chi connectivity index (χ0v) is 15.1. The highest BCUT2D eigenvalue weighted by atomic mass is 35.5. The van der Waals surface area contributed by atoms with Gasteiger partial charge in [-0.1, -0.05) is 40.9 Å². The average Bonchev–Trinajstić information content (AvgIpc) is 3.00. The van der Waals surface area contributed by atoms with E-state index in [-0.39, 0.29) is 6.03 Å². The van der Waals surface area contributed by atoms with Crippen molar-refractivity contribution in [1.82, 2.24) is 4.98 Å². The highest BCUT2D eigenvalue weighted by Crippen LogP contribution is 2.30. The lowest BCUT2D eigenvalue weighted by Gasteiger charge is -2.05. The number of anilines is 2. The van der Waals surface area contributed by atoms with Crippen molar-refractivity contribution >= 4 is 63.0 Å². The molecule has 8 heteroatoms. The fourth-order valence-corrected chi connectivity index (χ4v) is 3.05. The van der Waals surface area contributed by atoms with E-state index in [2.05, 4.69) is 15.6 Å². The molecule has 0 radical (unpaired) electrons. The van der Waals surface area contributed by atoms with Crippen molar-refractivity contribution in [1.29, 1.82) is 0 Å². The van der Waals surface area contributed by atoms with E-state index in [1.165, 1.54) is 11.3 Å². The fourth-order valence-electron chi connectivity index (χ4n) is 1.91. The van der Waals surface area contributed by atoms with Crippen LogP contribution in [-0.2, 0) is 0 Å². The topological polar surface area (TPSA) is 54.0 Å². The second-order valence-electron chi connectivity index (χ2n) is 4.75. The second kappa shape index (κ2) is 7.40. The first-order valence-electron chi connectivity index (χ1n) is 6.76. The van der Waals surface area contributed by atoms with E-state index in [1.807, 2.05) is 11.4 Å². The monoisotopic (exact) mass is 397 g/mol. The van der Waals surface area contributed by atoms with E-state index < -0.39 is 0 Å². The van der Waals surface area contributed by atoms with Gasteiger partial charge in [-0.05, 0) is 36.4 Å². The number of carbonyl (C=O) groups is 1. The summed E-state index contributed by atoms with van der Waals surface area (Å²) in [5, 5.41) is 9.24. The third-order valence-electron chi connectivity index (χ3n) is 3.04. The maximum atomic E-state index is 12.0. The Morgan fingerprint density at radius 2 is 1.71 bits per heavy atom. The van der Waals surface area contributed by atoms with E-state index >= 15 is 0 Å². The largest absolute Gasteiger partial charge is 0.325 e. The van der Waals surface area contributed by atoms with Crippen molar-refractivity contribution in [3.63, 3.8) is 0 Å².